The molecular formula is C21H25N2O2S+. The second-order valence-corrected chi connectivity index (χ2v) is 7.89. The number of ether oxygens (including phenoxy) is 2. The normalized spacial score (nSPS) is 20.2. The molecule has 3 aromatic rings. The zero-order valence-electron chi connectivity index (χ0n) is 15.3. The third kappa shape index (κ3) is 3.41. The van der Waals surface area contributed by atoms with Crippen LogP contribution in [0.4, 0.5) is 0 Å². The highest BCUT2D eigenvalue weighted by atomic mass is 32.1. The average Bonchev–Trinajstić information content (AvgIpc) is 3.12. The molecule has 1 saturated heterocycles. The van der Waals surface area contributed by atoms with Gasteiger partial charge in [-0.2, -0.15) is 0 Å². The van der Waals surface area contributed by atoms with Crippen LogP contribution in [0.3, 0.4) is 0 Å². The molecule has 1 aliphatic rings. The van der Waals surface area contributed by atoms with Gasteiger partial charge in [0.15, 0.2) is 5.01 Å². The lowest BCUT2D eigenvalue weighted by molar-refractivity contribution is -0.950. The number of nitrogens with one attached hydrogen (secondary N) is 1. The summed E-state index contributed by atoms with van der Waals surface area (Å²) in [6.45, 7) is 2.10. The smallest absolute Gasteiger partial charge is 0.151 e. The first kappa shape index (κ1) is 17.3. The Morgan fingerprint density at radius 2 is 2.00 bits per heavy atom. The number of hydrogen-bond donors (Lipinski definition) is 1. The standard InChI is InChI=1S/C21H24N2O2S/c1-24-16-10-11-19(25-2)15(13-16)14-23-12-6-5-8-18(23)21-22-17-7-3-4-9-20(17)26-21/h3-4,7,9-11,13,18H,5-6,8,12,14H2,1-2H3/p+1/t18-/m1/s1. The first-order chi connectivity index (χ1) is 12.8. The number of para-hydroxylation sites is 1. The van der Waals surface area contributed by atoms with E-state index in [0.717, 1.165) is 23.6 Å². The van der Waals surface area contributed by atoms with Gasteiger partial charge in [0.2, 0.25) is 0 Å². The molecule has 5 heteroatoms. The van der Waals surface area contributed by atoms with Gasteiger partial charge in [-0.05, 0) is 43.2 Å². The number of piperidine rings is 1. The molecule has 2 atom stereocenters. The van der Waals surface area contributed by atoms with Gasteiger partial charge < -0.3 is 14.4 Å². The van der Waals surface area contributed by atoms with Crippen molar-refractivity contribution in [2.45, 2.75) is 31.8 Å². The maximum absolute atomic E-state index is 5.59. The van der Waals surface area contributed by atoms with Crippen LogP contribution in [-0.4, -0.2) is 25.7 Å². The van der Waals surface area contributed by atoms with Crippen molar-refractivity contribution >= 4 is 21.6 Å². The SMILES string of the molecule is COc1ccc(OC)c(C[NH+]2CCCC[C@@H]2c2nc3ccccc3s2)c1. The molecule has 0 amide bonds. The Kier molecular flexibility index (Phi) is 5.09. The van der Waals surface area contributed by atoms with E-state index in [1.807, 2.05) is 23.5 Å². The third-order valence-corrected chi connectivity index (χ3v) is 6.40. The summed E-state index contributed by atoms with van der Waals surface area (Å²) in [6, 6.07) is 15.0. The van der Waals surface area contributed by atoms with Gasteiger partial charge in [0, 0.05) is 6.42 Å². The second kappa shape index (κ2) is 7.64. The van der Waals surface area contributed by atoms with Gasteiger partial charge in [-0.3, -0.25) is 0 Å². The molecule has 0 radical (unpaired) electrons. The quantitative estimate of drug-likeness (QED) is 0.746. The van der Waals surface area contributed by atoms with Gasteiger partial charge in [0.1, 0.15) is 24.1 Å². The number of hydrogen-bond acceptors (Lipinski definition) is 4. The summed E-state index contributed by atoms with van der Waals surface area (Å²) >= 11 is 1.85. The Bertz CT molecular complexity index is 860. The molecule has 0 aliphatic carbocycles. The van der Waals surface area contributed by atoms with Crippen LogP contribution in [0.5, 0.6) is 11.5 Å². The fourth-order valence-electron chi connectivity index (χ4n) is 3.89. The Labute approximate surface area is 158 Å². The van der Waals surface area contributed by atoms with Gasteiger partial charge in [-0.1, -0.05) is 12.1 Å². The Hall–Kier alpha value is -2.11. The fourth-order valence-corrected chi connectivity index (χ4v) is 5.05. The van der Waals surface area contributed by atoms with Gasteiger partial charge in [0.05, 0.1) is 36.5 Å². The molecule has 26 heavy (non-hydrogen) atoms. The molecular weight excluding hydrogens is 344 g/mol. The first-order valence-electron chi connectivity index (χ1n) is 9.19. The lowest BCUT2D eigenvalue weighted by Gasteiger charge is -2.31. The summed E-state index contributed by atoms with van der Waals surface area (Å²) in [7, 11) is 3.45. The number of quaternary nitrogens is 1. The Balaban J connectivity index is 1.63. The van der Waals surface area contributed by atoms with Crippen molar-refractivity contribution in [2.75, 3.05) is 20.8 Å². The maximum atomic E-state index is 5.59. The molecule has 0 saturated carbocycles. The zero-order chi connectivity index (χ0) is 17.9. The van der Waals surface area contributed by atoms with E-state index in [-0.39, 0.29) is 0 Å². The number of fused-ring (bicyclic) bond motifs is 1. The van der Waals surface area contributed by atoms with Crippen molar-refractivity contribution in [3.63, 3.8) is 0 Å². The Morgan fingerprint density at radius 3 is 2.81 bits per heavy atom. The van der Waals surface area contributed by atoms with Crippen molar-refractivity contribution in [1.82, 2.24) is 4.98 Å². The number of nitrogens with zero attached hydrogens (tertiary/aromatic N) is 1. The highest BCUT2D eigenvalue weighted by Gasteiger charge is 2.31. The van der Waals surface area contributed by atoms with Gasteiger partial charge in [-0.15, -0.1) is 11.3 Å². The summed E-state index contributed by atoms with van der Waals surface area (Å²) < 4.78 is 12.3. The van der Waals surface area contributed by atoms with Crippen LogP contribution in [0.15, 0.2) is 42.5 Å². The van der Waals surface area contributed by atoms with Crippen LogP contribution in [-0.2, 0) is 6.54 Å². The van der Waals surface area contributed by atoms with E-state index in [4.69, 9.17) is 14.5 Å². The minimum atomic E-state index is 0.456. The minimum absolute atomic E-state index is 0.456. The van der Waals surface area contributed by atoms with Crippen LogP contribution in [0.25, 0.3) is 10.2 Å². The first-order valence-corrected chi connectivity index (χ1v) is 10.0. The topological polar surface area (TPSA) is 35.8 Å². The molecule has 2 aromatic carbocycles. The van der Waals surface area contributed by atoms with E-state index in [2.05, 4.69) is 30.3 Å². The van der Waals surface area contributed by atoms with Crippen LogP contribution < -0.4 is 14.4 Å². The molecule has 1 unspecified atom stereocenters. The van der Waals surface area contributed by atoms with Crippen molar-refractivity contribution in [1.29, 1.82) is 0 Å². The molecule has 4 nitrogen and oxygen atoms in total. The second-order valence-electron chi connectivity index (χ2n) is 6.83. The molecule has 2 heterocycles. The van der Waals surface area contributed by atoms with Crippen LogP contribution in [0.2, 0.25) is 0 Å². The van der Waals surface area contributed by atoms with Gasteiger partial charge in [-0.25, -0.2) is 4.98 Å². The summed E-state index contributed by atoms with van der Waals surface area (Å²) in [5.74, 6) is 1.82. The molecule has 136 valence electrons. The Morgan fingerprint density at radius 1 is 1.12 bits per heavy atom. The van der Waals surface area contributed by atoms with Crippen molar-refractivity contribution in [3.05, 3.63) is 53.0 Å². The number of benzene rings is 2. The predicted molar refractivity (Wildman–Crippen MR) is 105 cm³/mol. The molecule has 1 N–H and O–H groups in total. The van der Waals surface area contributed by atoms with Crippen LogP contribution in [0.1, 0.15) is 35.9 Å². The highest BCUT2D eigenvalue weighted by molar-refractivity contribution is 7.18. The van der Waals surface area contributed by atoms with Crippen LogP contribution in [0, 0.1) is 0 Å². The maximum Gasteiger partial charge on any atom is 0.151 e. The fraction of sp³-hybridized carbons (Fsp3) is 0.381. The number of rotatable bonds is 5. The van der Waals surface area contributed by atoms with Gasteiger partial charge >= 0.3 is 0 Å². The van der Waals surface area contributed by atoms with E-state index in [1.165, 1.54) is 41.1 Å². The van der Waals surface area contributed by atoms with E-state index >= 15 is 0 Å². The molecule has 1 fully saturated rings. The molecule has 0 spiro atoms. The lowest BCUT2D eigenvalue weighted by Crippen LogP contribution is -3.11. The highest BCUT2D eigenvalue weighted by Crippen LogP contribution is 2.30. The third-order valence-electron chi connectivity index (χ3n) is 5.25. The van der Waals surface area contributed by atoms with E-state index in [9.17, 15) is 0 Å². The molecule has 0 bridgehead atoms. The largest absolute Gasteiger partial charge is 0.497 e. The van der Waals surface area contributed by atoms with Crippen LogP contribution >= 0.6 is 11.3 Å². The number of methoxy groups -OCH3 is 2. The minimum Gasteiger partial charge on any atom is -0.497 e. The van der Waals surface area contributed by atoms with Gasteiger partial charge in [0.25, 0.3) is 0 Å². The molecule has 1 aliphatic heterocycles. The van der Waals surface area contributed by atoms with Crippen molar-refractivity contribution in [3.8, 4) is 11.5 Å². The molecule has 4 rings (SSSR count). The average molecular weight is 370 g/mol. The summed E-state index contributed by atoms with van der Waals surface area (Å²) in [5, 5.41) is 1.27. The monoisotopic (exact) mass is 369 g/mol. The van der Waals surface area contributed by atoms with Crippen molar-refractivity contribution < 1.29 is 14.4 Å². The van der Waals surface area contributed by atoms with E-state index in [0.29, 0.717) is 6.04 Å². The molecule has 1 aromatic heterocycles. The van der Waals surface area contributed by atoms with E-state index in [1.54, 1.807) is 19.1 Å². The number of aromatic nitrogens is 1. The van der Waals surface area contributed by atoms with E-state index < -0.39 is 0 Å². The summed E-state index contributed by atoms with van der Waals surface area (Å²) in [6.07, 6.45) is 3.74. The number of thiazole rings is 1. The summed E-state index contributed by atoms with van der Waals surface area (Å²) in [5.41, 5.74) is 2.33. The predicted octanol–water partition coefficient (Wildman–Crippen LogP) is 3.62. The zero-order valence-corrected chi connectivity index (χ0v) is 16.1. The lowest BCUT2D eigenvalue weighted by atomic mass is 10.0. The van der Waals surface area contributed by atoms with Crippen molar-refractivity contribution in [2.24, 2.45) is 0 Å². The number of likely N-dealkylation sites (tertiary alicyclic amines) is 1. The summed E-state index contributed by atoms with van der Waals surface area (Å²) in [4.78, 5) is 6.52.